The number of rotatable bonds is 9. The monoisotopic (exact) mass is 447 g/mol. The second-order valence-corrected chi connectivity index (χ2v) is 9.33. The van der Waals surface area contributed by atoms with Gasteiger partial charge in [0.2, 0.25) is 0 Å². The number of hydrogen-bond acceptors (Lipinski definition) is 5. The number of anilines is 1. The second kappa shape index (κ2) is 9.82. The average Bonchev–Trinajstić information content (AvgIpc) is 3.14. The molecule has 158 valence electrons. The largest absolute Gasteiger partial charge is 0.352 e. The molecule has 3 rings (SSSR count). The van der Waals surface area contributed by atoms with Crippen LogP contribution in [0, 0.1) is 12.7 Å². The third-order valence-corrected chi connectivity index (χ3v) is 6.68. The van der Waals surface area contributed by atoms with E-state index in [1.807, 2.05) is 12.3 Å². The summed E-state index contributed by atoms with van der Waals surface area (Å²) in [5, 5.41) is 5.89. The Morgan fingerprint density at radius 1 is 1.13 bits per heavy atom. The number of thiazole rings is 1. The number of para-hydroxylation sites is 1. The van der Waals surface area contributed by atoms with Gasteiger partial charge in [-0.15, -0.1) is 11.3 Å². The minimum Gasteiger partial charge on any atom is -0.352 e. The molecule has 6 nitrogen and oxygen atoms in total. The van der Waals surface area contributed by atoms with Crippen molar-refractivity contribution in [2.75, 3.05) is 11.3 Å². The Labute approximate surface area is 179 Å². The van der Waals surface area contributed by atoms with Crippen LogP contribution in [0.1, 0.15) is 33.9 Å². The van der Waals surface area contributed by atoms with E-state index < -0.39 is 15.8 Å². The SMILES string of the molecule is Cc1csc(CCCCNC(=O)c2cccc(S(=O)(=O)Nc3ccccc3F)c2)n1. The summed E-state index contributed by atoms with van der Waals surface area (Å²) in [7, 11) is -4.03. The van der Waals surface area contributed by atoms with Crippen molar-refractivity contribution in [2.24, 2.45) is 0 Å². The van der Waals surface area contributed by atoms with Gasteiger partial charge >= 0.3 is 0 Å². The van der Waals surface area contributed by atoms with Gasteiger partial charge in [0.05, 0.1) is 15.6 Å². The summed E-state index contributed by atoms with van der Waals surface area (Å²) >= 11 is 1.63. The van der Waals surface area contributed by atoms with Crippen molar-refractivity contribution in [3.63, 3.8) is 0 Å². The number of halogens is 1. The molecule has 0 unspecified atom stereocenters. The highest BCUT2D eigenvalue weighted by Crippen LogP contribution is 2.19. The van der Waals surface area contributed by atoms with E-state index in [-0.39, 0.29) is 22.1 Å². The summed E-state index contributed by atoms with van der Waals surface area (Å²) in [6.45, 7) is 2.44. The van der Waals surface area contributed by atoms with Gasteiger partial charge in [-0.1, -0.05) is 18.2 Å². The van der Waals surface area contributed by atoms with E-state index in [0.717, 1.165) is 36.0 Å². The number of amides is 1. The molecule has 0 aliphatic rings. The lowest BCUT2D eigenvalue weighted by Crippen LogP contribution is -2.25. The van der Waals surface area contributed by atoms with E-state index in [2.05, 4.69) is 15.0 Å². The standard InChI is InChI=1S/C21H22FN3O3S2/c1-15-14-29-20(24-15)11-4-5-12-23-21(26)16-7-6-8-17(13-16)30(27,28)25-19-10-3-2-9-18(19)22/h2-3,6-10,13-14,25H,4-5,11-12H2,1H3,(H,23,26). The van der Waals surface area contributed by atoms with Crippen molar-refractivity contribution in [1.82, 2.24) is 10.3 Å². The molecule has 0 aliphatic heterocycles. The molecule has 0 spiro atoms. The average molecular weight is 448 g/mol. The van der Waals surface area contributed by atoms with Crippen molar-refractivity contribution in [3.8, 4) is 0 Å². The molecule has 1 aromatic heterocycles. The molecule has 1 amide bonds. The maximum atomic E-state index is 13.8. The van der Waals surface area contributed by atoms with Gasteiger partial charge < -0.3 is 5.32 Å². The number of sulfonamides is 1. The number of carbonyl (C=O) groups excluding carboxylic acids is 1. The fourth-order valence-corrected chi connectivity index (χ4v) is 4.71. The zero-order valence-electron chi connectivity index (χ0n) is 16.4. The van der Waals surface area contributed by atoms with E-state index in [1.165, 1.54) is 42.5 Å². The summed E-state index contributed by atoms with van der Waals surface area (Å²) in [5.41, 5.74) is 1.09. The Morgan fingerprint density at radius 2 is 1.93 bits per heavy atom. The summed E-state index contributed by atoms with van der Waals surface area (Å²) in [4.78, 5) is 16.7. The molecule has 0 bridgehead atoms. The van der Waals surface area contributed by atoms with Gasteiger partial charge in [-0.05, 0) is 56.5 Å². The number of aryl methyl sites for hydroxylation is 2. The maximum Gasteiger partial charge on any atom is 0.262 e. The number of nitrogens with zero attached hydrogens (tertiary/aromatic N) is 1. The van der Waals surface area contributed by atoms with E-state index >= 15 is 0 Å². The number of carbonyl (C=O) groups is 1. The molecule has 0 atom stereocenters. The first-order chi connectivity index (χ1) is 14.3. The number of hydrogen-bond donors (Lipinski definition) is 2. The number of benzene rings is 2. The predicted molar refractivity (Wildman–Crippen MR) is 116 cm³/mol. The second-order valence-electron chi connectivity index (χ2n) is 6.71. The van der Waals surface area contributed by atoms with Gasteiger partial charge in [0.15, 0.2) is 0 Å². The van der Waals surface area contributed by atoms with Crippen molar-refractivity contribution in [3.05, 3.63) is 76.0 Å². The van der Waals surface area contributed by atoms with Gasteiger partial charge in [-0.2, -0.15) is 0 Å². The van der Waals surface area contributed by atoms with Crippen LogP contribution in [0.3, 0.4) is 0 Å². The Balaban J connectivity index is 1.56. The lowest BCUT2D eigenvalue weighted by Gasteiger charge is -2.10. The molecule has 9 heteroatoms. The van der Waals surface area contributed by atoms with Crippen LogP contribution in [0.4, 0.5) is 10.1 Å². The summed E-state index contributed by atoms with van der Waals surface area (Å²) in [5.74, 6) is -1.04. The Morgan fingerprint density at radius 3 is 2.67 bits per heavy atom. The van der Waals surface area contributed by atoms with Crippen LogP contribution in [-0.2, 0) is 16.4 Å². The maximum absolute atomic E-state index is 13.8. The summed E-state index contributed by atoms with van der Waals surface area (Å²) in [6, 6.07) is 11.1. The van der Waals surface area contributed by atoms with Gasteiger partial charge in [-0.25, -0.2) is 17.8 Å². The molecular weight excluding hydrogens is 425 g/mol. The molecule has 3 aromatic rings. The van der Waals surface area contributed by atoms with Gasteiger partial charge in [0.25, 0.3) is 15.9 Å². The Bertz CT molecular complexity index is 1130. The van der Waals surface area contributed by atoms with Crippen LogP contribution < -0.4 is 10.0 Å². The molecule has 0 radical (unpaired) electrons. The van der Waals surface area contributed by atoms with Crippen molar-refractivity contribution in [1.29, 1.82) is 0 Å². The molecule has 2 N–H and O–H groups in total. The molecule has 30 heavy (non-hydrogen) atoms. The molecule has 0 fully saturated rings. The van der Waals surface area contributed by atoms with Crippen molar-refractivity contribution in [2.45, 2.75) is 31.1 Å². The van der Waals surface area contributed by atoms with Crippen LogP contribution in [0.2, 0.25) is 0 Å². The third-order valence-electron chi connectivity index (χ3n) is 4.29. The molecule has 0 saturated heterocycles. The quantitative estimate of drug-likeness (QED) is 0.483. The minimum atomic E-state index is -4.03. The van der Waals surface area contributed by atoms with Crippen LogP contribution in [0.5, 0.6) is 0 Å². The normalized spacial score (nSPS) is 11.3. The van der Waals surface area contributed by atoms with Gasteiger partial charge in [0, 0.05) is 23.2 Å². The van der Waals surface area contributed by atoms with Crippen LogP contribution in [-0.4, -0.2) is 25.9 Å². The first kappa shape index (κ1) is 21.9. The minimum absolute atomic E-state index is 0.113. The Kier molecular flexibility index (Phi) is 7.17. The fourth-order valence-electron chi connectivity index (χ4n) is 2.77. The van der Waals surface area contributed by atoms with E-state index in [1.54, 1.807) is 11.3 Å². The van der Waals surface area contributed by atoms with Crippen molar-refractivity contribution < 1.29 is 17.6 Å². The number of aromatic nitrogens is 1. The van der Waals surface area contributed by atoms with Gasteiger partial charge in [0.1, 0.15) is 5.82 Å². The first-order valence-electron chi connectivity index (χ1n) is 9.42. The van der Waals surface area contributed by atoms with Crippen LogP contribution in [0.15, 0.2) is 58.8 Å². The van der Waals surface area contributed by atoms with E-state index in [4.69, 9.17) is 0 Å². The van der Waals surface area contributed by atoms with Crippen LogP contribution >= 0.6 is 11.3 Å². The zero-order valence-corrected chi connectivity index (χ0v) is 18.0. The highest BCUT2D eigenvalue weighted by Gasteiger charge is 2.18. The molecule has 2 aromatic carbocycles. The smallest absolute Gasteiger partial charge is 0.262 e. The third kappa shape index (κ3) is 5.87. The highest BCUT2D eigenvalue weighted by atomic mass is 32.2. The molecule has 0 saturated carbocycles. The number of unbranched alkanes of at least 4 members (excludes halogenated alkanes) is 1. The Hall–Kier alpha value is -2.78. The molecule has 0 aliphatic carbocycles. The topological polar surface area (TPSA) is 88.2 Å². The summed E-state index contributed by atoms with van der Waals surface area (Å²) < 4.78 is 41.1. The predicted octanol–water partition coefficient (Wildman–Crippen LogP) is 4.14. The lowest BCUT2D eigenvalue weighted by atomic mass is 10.2. The molecular formula is C21H22FN3O3S2. The van der Waals surface area contributed by atoms with Gasteiger partial charge in [-0.3, -0.25) is 9.52 Å². The highest BCUT2D eigenvalue weighted by molar-refractivity contribution is 7.92. The first-order valence-corrected chi connectivity index (χ1v) is 11.8. The van der Waals surface area contributed by atoms with Crippen LogP contribution in [0.25, 0.3) is 0 Å². The lowest BCUT2D eigenvalue weighted by molar-refractivity contribution is 0.0953. The van der Waals surface area contributed by atoms with Crippen molar-refractivity contribution >= 4 is 33.0 Å². The van der Waals surface area contributed by atoms with E-state index in [9.17, 15) is 17.6 Å². The number of nitrogens with one attached hydrogen (secondary N) is 2. The molecule has 1 heterocycles. The summed E-state index contributed by atoms with van der Waals surface area (Å²) in [6.07, 6.45) is 2.55. The van der Waals surface area contributed by atoms with E-state index in [0.29, 0.717) is 6.54 Å². The fraction of sp³-hybridized carbons (Fsp3) is 0.238. The zero-order chi connectivity index (χ0) is 21.6.